The van der Waals surface area contributed by atoms with Gasteiger partial charge in [0.15, 0.2) is 5.82 Å². The number of fused-ring (bicyclic) bond motifs is 1. The predicted molar refractivity (Wildman–Crippen MR) is 180 cm³/mol. The summed E-state index contributed by atoms with van der Waals surface area (Å²) in [5.41, 5.74) is 4.56. The number of pyridine rings is 2. The fourth-order valence-corrected chi connectivity index (χ4v) is 6.24. The monoisotopic (exact) mass is 605 g/mol. The first-order valence-electron chi connectivity index (χ1n) is 15.8. The smallest absolute Gasteiger partial charge is 0.251 e. The number of likely N-dealkylation sites (N-methyl/N-ethyl adjacent to an activating group) is 2. The Bertz CT molecular complexity index is 1680. The highest BCUT2D eigenvalue weighted by atomic mass is 16.2. The first-order valence-corrected chi connectivity index (χ1v) is 15.8. The average molecular weight is 606 g/mol. The van der Waals surface area contributed by atoms with Crippen molar-refractivity contribution in [2.45, 2.75) is 51.1 Å². The second kappa shape index (κ2) is 12.5. The summed E-state index contributed by atoms with van der Waals surface area (Å²) >= 11 is 0. The molecule has 2 amide bonds. The zero-order valence-electron chi connectivity index (χ0n) is 26.9. The summed E-state index contributed by atoms with van der Waals surface area (Å²) in [5, 5.41) is 7.74. The summed E-state index contributed by atoms with van der Waals surface area (Å²) in [5.74, 6) is 1.59. The van der Waals surface area contributed by atoms with E-state index in [0.717, 1.165) is 60.4 Å². The minimum Gasteiger partial charge on any atom is -0.354 e. The first kappa shape index (κ1) is 30.5. The second-order valence-electron chi connectivity index (χ2n) is 13.4. The van der Waals surface area contributed by atoms with Gasteiger partial charge in [0.2, 0.25) is 5.91 Å². The molecule has 0 bridgehead atoms. The number of benzene rings is 2. The Morgan fingerprint density at radius 3 is 2.44 bits per heavy atom. The van der Waals surface area contributed by atoms with Crippen LogP contribution in [0.15, 0.2) is 72.9 Å². The minimum atomic E-state index is -0.280. The molecule has 0 spiro atoms. The molecule has 2 atom stereocenters. The third-order valence-electron chi connectivity index (χ3n) is 9.00. The molecule has 45 heavy (non-hydrogen) atoms. The van der Waals surface area contributed by atoms with Crippen LogP contribution in [0.3, 0.4) is 0 Å². The molecule has 2 aliphatic rings. The number of carbonyl (C=O) groups is 2. The molecule has 0 radical (unpaired) electrons. The van der Waals surface area contributed by atoms with E-state index in [4.69, 9.17) is 4.98 Å². The lowest BCUT2D eigenvalue weighted by Crippen LogP contribution is -2.48. The Hall–Kier alpha value is -4.50. The summed E-state index contributed by atoms with van der Waals surface area (Å²) in [7, 11) is 3.86. The maximum Gasteiger partial charge on any atom is 0.251 e. The fourth-order valence-electron chi connectivity index (χ4n) is 6.24. The van der Waals surface area contributed by atoms with Gasteiger partial charge >= 0.3 is 0 Å². The number of piperazine rings is 1. The SMILES string of the molecule is CN1CCN(C)[C@@H](c2ccc(Nc3nc(N4CCC[C@H](NC(=O)c5ccc(C(C)(C)C)cc5)C4)cc4cccnc34)cc2)C1=O. The van der Waals surface area contributed by atoms with Crippen LogP contribution in [0.2, 0.25) is 0 Å². The zero-order chi connectivity index (χ0) is 31.7. The number of hydrogen-bond acceptors (Lipinski definition) is 7. The summed E-state index contributed by atoms with van der Waals surface area (Å²) in [6.07, 6.45) is 3.65. The Kier molecular flexibility index (Phi) is 8.46. The lowest BCUT2D eigenvalue weighted by molar-refractivity contribution is -0.139. The normalized spacial score (nSPS) is 19.5. The van der Waals surface area contributed by atoms with Gasteiger partial charge in [-0.3, -0.25) is 19.5 Å². The molecule has 0 aliphatic carbocycles. The van der Waals surface area contributed by atoms with E-state index in [2.05, 4.69) is 52.3 Å². The first-order chi connectivity index (χ1) is 21.6. The molecule has 2 aromatic carbocycles. The van der Waals surface area contributed by atoms with Crippen molar-refractivity contribution in [1.29, 1.82) is 0 Å². The van der Waals surface area contributed by atoms with Crippen LogP contribution >= 0.6 is 0 Å². The van der Waals surface area contributed by atoms with Gasteiger partial charge in [0.05, 0.1) is 0 Å². The van der Waals surface area contributed by atoms with Crippen molar-refractivity contribution >= 4 is 40.0 Å². The lowest BCUT2D eigenvalue weighted by atomic mass is 9.86. The van der Waals surface area contributed by atoms with Crippen molar-refractivity contribution < 1.29 is 9.59 Å². The molecule has 2 aromatic heterocycles. The zero-order valence-corrected chi connectivity index (χ0v) is 26.9. The topological polar surface area (TPSA) is 93.7 Å². The minimum absolute atomic E-state index is 0.0172. The van der Waals surface area contributed by atoms with Crippen LogP contribution in [-0.2, 0) is 10.2 Å². The number of carbonyl (C=O) groups excluding carboxylic acids is 2. The van der Waals surface area contributed by atoms with E-state index >= 15 is 0 Å². The standard InChI is InChI=1S/C36H43N7O2/c1-36(2,3)27-14-10-25(11-15-27)34(44)39-29-9-7-19-43(23-29)30-22-26-8-6-18-37-31(26)33(40-30)38-28-16-12-24(13-17-28)32-35(45)42(5)21-20-41(32)4/h6,8,10-18,22,29,32H,7,9,19-21,23H2,1-5H3,(H,38,40)(H,39,44)/t29-,32-/m0/s1. The van der Waals surface area contributed by atoms with Crippen LogP contribution in [0.4, 0.5) is 17.3 Å². The number of nitrogens with zero attached hydrogens (tertiary/aromatic N) is 5. The number of hydrogen-bond donors (Lipinski definition) is 2. The van der Waals surface area contributed by atoms with Crippen LogP contribution in [0, 0.1) is 0 Å². The van der Waals surface area contributed by atoms with Crippen LogP contribution < -0.4 is 15.5 Å². The van der Waals surface area contributed by atoms with Crippen molar-refractivity contribution in [2.24, 2.45) is 0 Å². The van der Waals surface area contributed by atoms with Crippen LogP contribution in [0.1, 0.15) is 61.1 Å². The van der Waals surface area contributed by atoms with Crippen LogP contribution in [0.25, 0.3) is 10.9 Å². The highest BCUT2D eigenvalue weighted by molar-refractivity contribution is 5.95. The van der Waals surface area contributed by atoms with Gasteiger partial charge in [0, 0.05) is 62.1 Å². The summed E-state index contributed by atoms with van der Waals surface area (Å²) < 4.78 is 0. The molecule has 0 unspecified atom stereocenters. The number of amides is 2. The van der Waals surface area contributed by atoms with Crippen molar-refractivity contribution in [2.75, 3.05) is 50.5 Å². The second-order valence-corrected chi connectivity index (χ2v) is 13.4. The van der Waals surface area contributed by atoms with Crippen LogP contribution in [0.5, 0.6) is 0 Å². The van der Waals surface area contributed by atoms with Gasteiger partial charge < -0.3 is 20.4 Å². The molecule has 2 aliphatic heterocycles. The van der Waals surface area contributed by atoms with Gasteiger partial charge in [-0.15, -0.1) is 0 Å². The Balaban J connectivity index is 1.19. The molecule has 2 saturated heterocycles. The van der Waals surface area contributed by atoms with E-state index in [9.17, 15) is 9.59 Å². The number of rotatable bonds is 6. The largest absolute Gasteiger partial charge is 0.354 e. The molecule has 9 heteroatoms. The van der Waals surface area contributed by atoms with E-state index in [1.54, 1.807) is 11.1 Å². The van der Waals surface area contributed by atoms with Gasteiger partial charge in [0.1, 0.15) is 17.4 Å². The number of piperidine rings is 1. The number of nitrogens with one attached hydrogen (secondary N) is 2. The van der Waals surface area contributed by atoms with Gasteiger partial charge in [-0.2, -0.15) is 0 Å². The Labute approximate surface area is 265 Å². The summed E-state index contributed by atoms with van der Waals surface area (Å²) in [6.45, 7) is 9.63. The molecule has 234 valence electrons. The van der Waals surface area contributed by atoms with E-state index in [1.165, 1.54) is 5.56 Å². The Morgan fingerprint density at radius 2 is 1.71 bits per heavy atom. The summed E-state index contributed by atoms with van der Waals surface area (Å²) in [6, 6.07) is 21.7. The van der Waals surface area contributed by atoms with Crippen molar-refractivity contribution in [1.82, 2.24) is 25.1 Å². The van der Waals surface area contributed by atoms with E-state index in [0.29, 0.717) is 17.9 Å². The highest BCUT2D eigenvalue weighted by Crippen LogP contribution is 2.31. The molecule has 6 rings (SSSR count). The average Bonchev–Trinajstić information content (AvgIpc) is 3.03. The molecule has 9 nitrogen and oxygen atoms in total. The van der Waals surface area contributed by atoms with Crippen molar-refractivity contribution in [3.63, 3.8) is 0 Å². The van der Waals surface area contributed by atoms with Gasteiger partial charge in [-0.25, -0.2) is 4.98 Å². The van der Waals surface area contributed by atoms with Gasteiger partial charge in [-0.1, -0.05) is 51.1 Å². The number of anilines is 3. The van der Waals surface area contributed by atoms with Crippen molar-refractivity contribution in [3.05, 3.63) is 89.6 Å². The van der Waals surface area contributed by atoms with Crippen molar-refractivity contribution in [3.8, 4) is 0 Å². The third kappa shape index (κ3) is 6.63. The van der Waals surface area contributed by atoms with Gasteiger partial charge in [-0.05, 0) is 72.8 Å². The molecular formula is C36H43N7O2. The highest BCUT2D eigenvalue weighted by Gasteiger charge is 2.32. The van der Waals surface area contributed by atoms with E-state index in [-0.39, 0.29) is 29.3 Å². The van der Waals surface area contributed by atoms with Gasteiger partial charge in [0.25, 0.3) is 5.91 Å². The Morgan fingerprint density at radius 1 is 0.956 bits per heavy atom. The molecule has 4 aromatic rings. The predicted octanol–water partition coefficient (Wildman–Crippen LogP) is 5.51. The maximum absolute atomic E-state index is 13.1. The summed E-state index contributed by atoms with van der Waals surface area (Å²) in [4.78, 5) is 41.8. The third-order valence-corrected chi connectivity index (χ3v) is 9.00. The lowest BCUT2D eigenvalue weighted by Gasteiger charge is -2.37. The van der Waals surface area contributed by atoms with E-state index < -0.39 is 0 Å². The molecule has 2 fully saturated rings. The number of aromatic nitrogens is 2. The quantitative estimate of drug-likeness (QED) is 0.299. The maximum atomic E-state index is 13.1. The fraction of sp³-hybridized carbons (Fsp3) is 0.389. The van der Waals surface area contributed by atoms with E-state index in [1.807, 2.05) is 74.8 Å². The van der Waals surface area contributed by atoms with Crippen LogP contribution in [-0.4, -0.2) is 77.9 Å². The molecule has 0 saturated carbocycles. The molecule has 4 heterocycles. The molecule has 2 N–H and O–H groups in total. The molecular weight excluding hydrogens is 562 g/mol.